The van der Waals surface area contributed by atoms with Gasteiger partial charge in [-0.25, -0.2) is 14.1 Å². The smallest absolute Gasteiger partial charge is 0.336 e. The van der Waals surface area contributed by atoms with E-state index in [2.05, 4.69) is 30.1 Å². The largest absolute Gasteiger partial charge is 0.366 e. The number of hydrogen-bond acceptors (Lipinski definition) is 4. The number of hydrogen-bond donors (Lipinski definition) is 1. The van der Waals surface area contributed by atoms with Gasteiger partial charge in [-0.2, -0.15) is 0 Å². The number of fused-ring (bicyclic) bond motifs is 1. The van der Waals surface area contributed by atoms with Gasteiger partial charge in [0.05, 0.1) is 11.2 Å². The number of likely N-dealkylation sites (N-methyl/N-ethyl adjacent to an activating group) is 1. The fourth-order valence-corrected chi connectivity index (χ4v) is 3.94. The second-order valence-corrected chi connectivity index (χ2v) is 8.23. The maximum atomic E-state index is 14.2. The summed E-state index contributed by atoms with van der Waals surface area (Å²) in [5.41, 5.74) is 3.14. The molecule has 0 aromatic heterocycles. The molecule has 2 heterocycles. The van der Waals surface area contributed by atoms with Crippen LogP contribution in [0.5, 0.6) is 0 Å². The number of urea groups is 1. The average Bonchev–Trinajstić information content (AvgIpc) is 2.70. The highest BCUT2D eigenvalue weighted by Gasteiger charge is 2.38. The van der Waals surface area contributed by atoms with E-state index in [4.69, 9.17) is 0 Å². The van der Waals surface area contributed by atoms with E-state index in [1.807, 2.05) is 26.1 Å². The zero-order valence-electron chi connectivity index (χ0n) is 17.7. The molecular formula is C24H22FN3O3. The van der Waals surface area contributed by atoms with Gasteiger partial charge in [-0.15, -0.1) is 0 Å². The summed E-state index contributed by atoms with van der Waals surface area (Å²) >= 11 is 0. The number of para-hydroxylation sites is 1. The first-order chi connectivity index (χ1) is 14.6. The van der Waals surface area contributed by atoms with Crippen molar-refractivity contribution in [3.63, 3.8) is 0 Å². The molecule has 158 valence electrons. The van der Waals surface area contributed by atoms with Gasteiger partial charge < -0.3 is 4.90 Å². The van der Waals surface area contributed by atoms with Crippen molar-refractivity contribution >= 4 is 40.9 Å². The summed E-state index contributed by atoms with van der Waals surface area (Å²) in [6, 6.07) is 10.1. The van der Waals surface area contributed by atoms with Crippen molar-refractivity contribution < 1.29 is 18.8 Å². The molecule has 1 N–H and O–H groups in total. The first kappa shape index (κ1) is 20.5. The molecule has 2 aliphatic heterocycles. The Hall–Kier alpha value is -3.74. The van der Waals surface area contributed by atoms with Gasteiger partial charge in [-0.1, -0.05) is 24.3 Å². The number of carbonyl (C=O) groups is 3. The molecule has 0 atom stereocenters. The number of allylic oxidation sites excluding steroid dienone is 1. The van der Waals surface area contributed by atoms with Crippen molar-refractivity contribution in [1.29, 1.82) is 0 Å². The number of benzene rings is 2. The van der Waals surface area contributed by atoms with E-state index in [1.165, 1.54) is 24.3 Å². The van der Waals surface area contributed by atoms with Crippen LogP contribution in [0.2, 0.25) is 0 Å². The maximum Gasteiger partial charge on any atom is 0.336 e. The van der Waals surface area contributed by atoms with Gasteiger partial charge in [0.1, 0.15) is 11.4 Å². The number of imide groups is 2. The molecule has 0 saturated carbocycles. The van der Waals surface area contributed by atoms with Gasteiger partial charge in [-0.3, -0.25) is 14.9 Å². The molecule has 31 heavy (non-hydrogen) atoms. The summed E-state index contributed by atoms with van der Waals surface area (Å²) in [5, 5.41) is 2.12. The SMILES string of the molecule is CC1=CC(C)(C)N(C)c2ccc(/C=C3\C(=O)NC(=O)N(c4ccccc4F)C3=O)cc21. The molecule has 4 rings (SSSR count). The van der Waals surface area contributed by atoms with Crippen molar-refractivity contribution in [1.82, 2.24) is 5.32 Å². The Balaban J connectivity index is 1.76. The van der Waals surface area contributed by atoms with Gasteiger partial charge >= 0.3 is 6.03 Å². The Morgan fingerprint density at radius 2 is 1.74 bits per heavy atom. The number of halogens is 1. The summed E-state index contributed by atoms with van der Waals surface area (Å²) in [6.45, 7) is 6.25. The van der Waals surface area contributed by atoms with Crippen LogP contribution in [0.15, 0.2) is 54.1 Å². The zero-order chi connectivity index (χ0) is 22.5. The van der Waals surface area contributed by atoms with Crippen molar-refractivity contribution in [2.45, 2.75) is 26.3 Å². The van der Waals surface area contributed by atoms with Crippen LogP contribution in [0.1, 0.15) is 31.9 Å². The third-order valence-corrected chi connectivity index (χ3v) is 5.75. The van der Waals surface area contributed by atoms with Crippen LogP contribution in [0.4, 0.5) is 20.6 Å². The van der Waals surface area contributed by atoms with Crippen molar-refractivity contribution in [2.75, 3.05) is 16.8 Å². The lowest BCUT2D eigenvalue weighted by molar-refractivity contribution is -0.122. The topological polar surface area (TPSA) is 69.7 Å². The molecule has 1 saturated heterocycles. The maximum absolute atomic E-state index is 14.2. The molecule has 0 aliphatic carbocycles. The lowest BCUT2D eigenvalue weighted by atomic mass is 9.88. The minimum absolute atomic E-state index is 0.142. The number of nitrogens with one attached hydrogen (secondary N) is 1. The fourth-order valence-electron chi connectivity index (χ4n) is 3.94. The lowest BCUT2D eigenvalue weighted by Crippen LogP contribution is -2.54. The van der Waals surface area contributed by atoms with Gasteiger partial charge in [0, 0.05) is 18.3 Å². The first-order valence-electron chi connectivity index (χ1n) is 9.84. The Bertz CT molecular complexity index is 1200. The number of amides is 4. The molecule has 0 bridgehead atoms. The minimum Gasteiger partial charge on any atom is -0.366 e. The Morgan fingerprint density at radius 3 is 2.45 bits per heavy atom. The Morgan fingerprint density at radius 1 is 1.03 bits per heavy atom. The molecule has 6 nitrogen and oxygen atoms in total. The second kappa shape index (κ2) is 7.19. The molecule has 2 aromatic rings. The molecule has 2 aliphatic rings. The van der Waals surface area contributed by atoms with Crippen LogP contribution in [-0.2, 0) is 9.59 Å². The van der Waals surface area contributed by atoms with Crippen LogP contribution < -0.4 is 15.1 Å². The average molecular weight is 419 g/mol. The number of carbonyl (C=O) groups excluding carboxylic acids is 3. The lowest BCUT2D eigenvalue weighted by Gasteiger charge is -2.40. The summed E-state index contributed by atoms with van der Waals surface area (Å²) in [6.07, 6.45) is 3.58. The standard InChI is InChI=1S/C24H22FN3O3/c1-14-13-24(2,3)27(4)19-10-9-15(11-16(14)19)12-17-21(29)26-23(31)28(22(17)30)20-8-6-5-7-18(20)25/h5-13H,1-4H3,(H,26,29,31)/b17-12+. The monoisotopic (exact) mass is 419 g/mol. The van der Waals surface area contributed by atoms with Gasteiger partial charge in [0.25, 0.3) is 11.8 Å². The normalized spacial score (nSPS) is 19.3. The van der Waals surface area contributed by atoms with E-state index < -0.39 is 23.7 Å². The minimum atomic E-state index is -0.981. The van der Waals surface area contributed by atoms with Gasteiger partial charge in [0.2, 0.25) is 0 Å². The van der Waals surface area contributed by atoms with Crippen LogP contribution in [-0.4, -0.2) is 30.4 Å². The summed E-state index contributed by atoms with van der Waals surface area (Å²) in [5.74, 6) is -2.42. The summed E-state index contributed by atoms with van der Waals surface area (Å²) in [7, 11) is 2.01. The highest BCUT2D eigenvalue weighted by Crippen LogP contribution is 2.38. The van der Waals surface area contributed by atoms with Gasteiger partial charge in [0.15, 0.2) is 0 Å². The van der Waals surface area contributed by atoms with E-state index in [0.29, 0.717) is 10.5 Å². The number of nitrogens with zero attached hydrogens (tertiary/aromatic N) is 2. The second-order valence-electron chi connectivity index (χ2n) is 8.23. The van der Waals surface area contributed by atoms with Crippen LogP contribution in [0.25, 0.3) is 11.6 Å². The van der Waals surface area contributed by atoms with E-state index in [9.17, 15) is 18.8 Å². The van der Waals surface area contributed by atoms with Crippen molar-refractivity contribution in [2.24, 2.45) is 0 Å². The molecular weight excluding hydrogens is 397 g/mol. The third kappa shape index (κ3) is 3.42. The Labute approximate surface area is 179 Å². The first-order valence-corrected chi connectivity index (χ1v) is 9.84. The predicted molar refractivity (Wildman–Crippen MR) is 118 cm³/mol. The summed E-state index contributed by atoms with van der Waals surface area (Å²) in [4.78, 5) is 40.5. The molecule has 0 spiro atoms. The van der Waals surface area contributed by atoms with E-state index in [1.54, 1.807) is 6.07 Å². The Kier molecular flexibility index (Phi) is 4.76. The fraction of sp³-hybridized carbons (Fsp3) is 0.208. The predicted octanol–water partition coefficient (Wildman–Crippen LogP) is 4.12. The number of barbiturate groups is 1. The van der Waals surface area contributed by atoms with Crippen LogP contribution >= 0.6 is 0 Å². The molecule has 0 radical (unpaired) electrons. The van der Waals surface area contributed by atoms with Crippen LogP contribution in [0.3, 0.4) is 0 Å². The number of anilines is 2. The van der Waals surface area contributed by atoms with Gasteiger partial charge in [-0.05, 0) is 62.2 Å². The molecule has 7 heteroatoms. The van der Waals surface area contributed by atoms with E-state index in [-0.39, 0.29) is 16.8 Å². The molecule has 2 aromatic carbocycles. The van der Waals surface area contributed by atoms with Crippen LogP contribution in [0, 0.1) is 5.82 Å². The highest BCUT2D eigenvalue weighted by atomic mass is 19.1. The zero-order valence-corrected chi connectivity index (χ0v) is 17.7. The highest BCUT2D eigenvalue weighted by molar-refractivity contribution is 6.39. The quantitative estimate of drug-likeness (QED) is 0.587. The third-order valence-electron chi connectivity index (χ3n) is 5.75. The van der Waals surface area contributed by atoms with Crippen molar-refractivity contribution in [3.8, 4) is 0 Å². The van der Waals surface area contributed by atoms with E-state index in [0.717, 1.165) is 22.9 Å². The molecule has 4 amide bonds. The number of rotatable bonds is 2. The van der Waals surface area contributed by atoms with Crippen molar-refractivity contribution in [3.05, 3.63) is 71.1 Å². The van der Waals surface area contributed by atoms with E-state index >= 15 is 0 Å². The molecule has 0 unspecified atom stereocenters. The summed E-state index contributed by atoms with van der Waals surface area (Å²) < 4.78 is 14.2. The molecule has 1 fully saturated rings.